The van der Waals surface area contributed by atoms with Gasteiger partial charge in [-0.2, -0.15) is 0 Å². The summed E-state index contributed by atoms with van der Waals surface area (Å²) in [5.74, 6) is 1.49. The molecule has 1 heterocycles. The summed E-state index contributed by atoms with van der Waals surface area (Å²) in [5, 5.41) is 3.63. The smallest absolute Gasteiger partial charge is 0.220 e. The van der Waals surface area contributed by atoms with E-state index in [-0.39, 0.29) is 11.9 Å². The number of fused-ring (bicyclic) bond motifs is 1. The van der Waals surface area contributed by atoms with Crippen molar-refractivity contribution in [1.29, 1.82) is 0 Å². The van der Waals surface area contributed by atoms with Crippen molar-refractivity contribution in [2.75, 3.05) is 6.61 Å². The maximum atomic E-state index is 12.1. The first kappa shape index (κ1) is 17.3. The number of ether oxygens (including phenoxy) is 1. The number of nitrogens with zero attached hydrogens (tertiary/aromatic N) is 1. The minimum atomic E-state index is -0.169. The average molecular weight is 358 g/mol. The van der Waals surface area contributed by atoms with E-state index in [2.05, 4.69) is 15.3 Å². The third-order valence-electron chi connectivity index (χ3n) is 3.83. The van der Waals surface area contributed by atoms with Crippen LogP contribution < -0.4 is 10.1 Å². The predicted octanol–water partition coefficient (Wildman–Crippen LogP) is 4.25. The summed E-state index contributed by atoms with van der Waals surface area (Å²) in [5.41, 5.74) is 1.87. The molecule has 1 amide bonds. The summed E-state index contributed by atoms with van der Waals surface area (Å²) < 4.78 is 5.58. The van der Waals surface area contributed by atoms with Gasteiger partial charge in [0, 0.05) is 11.4 Å². The molecule has 5 nitrogen and oxygen atoms in total. The Morgan fingerprint density at radius 2 is 2.00 bits per heavy atom. The number of H-pyrrole nitrogens is 1. The Balaban J connectivity index is 1.43. The van der Waals surface area contributed by atoms with Gasteiger partial charge < -0.3 is 15.0 Å². The highest BCUT2D eigenvalue weighted by molar-refractivity contribution is 6.30. The van der Waals surface area contributed by atoms with Gasteiger partial charge >= 0.3 is 0 Å². The van der Waals surface area contributed by atoms with Crippen molar-refractivity contribution in [2.24, 2.45) is 0 Å². The van der Waals surface area contributed by atoms with Gasteiger partial charge in [-0.1, -0.05) is 23.7 Å². The Hall–Kier alpha value is -2.53. The van der Waals surface area contributed by atoms with Crippen molar-refractivity contribution in [3.63, 3.8) is 0 Å². The SMILES string of the molecule is CC(NC(=O)CCCOc1ccc(Cl)cc1)c1nc2ccccc2[nH]1. The van der Waals surface area contributed by atoms with E-state index in [0.29, 0.717) is 24.5 Å². The quantitative estimate of drug-likeness (QED) is 0.621. The van der Waals surface area contributed by atoms with Crippen molar-refractivity contribution in [3.8, 4) is 5.75 Å². The first-order valence-corrected chi connectivity index (χ1v) is 8.62. The van der Waals surface area contributed by atoms with E-state index >= 15 is 0 Å². The van der Waals surface area contributed by atoms with Gasteiger partial charge in [0.2, 0.25) is 5.91 Å². The molecule has 0 saturated carbocycles. The number of hydrogen-bond acceptors (Lipinski definition) is 3. The Morgan fingerprint density at radius 1 is 1.24 bits per heavy atom. The van der Waals surface area contributed by atoms with E-state index in [1.54, 1.807) is 12.1 Å². The lowest BCUT2D eigenvalue weighted by Crippen LogP contribution is -2.27. The molecule has 25 heavy (non-hydrogen) atoms. The van der Waals surface area contributed by atoms with Crippen molar-refractivity contribution < 1.29 is 9.53 Å². The Labute approximate surface area is 151 Å². The van der Waals surface area contributed by atoms with Crippen LogP contribution in [0.1, 0.15) is 31.6 Å². The average Bonchev–Trinajstić information content (AvgIpc) is 3.04. The molecule has 0 spiro atoms. The number of para-hydroxylation sites is 2. The van der Waals surface area contributed by atoms with Crippen LogP contribution in [-0.4, -0.2) is 22.5 Å². The predicted molar refractivity (Wildman–Crippen MR) is 98.8 cm³/mol. The summed E-state index contributed by atoms with van der Waals surface area (Å²) in [6.07, 6.45) is 1.04. The number of carbonyl (C=O) groups is 1. The minimum absolute atomic E-state index is 0.0207. The van der Waals surface area contributed by atoms with E-state index in [1.807, 2.05) is 43.3 Å². The maximum absolute atomic E-state index is 12.1. The van der Waals surface area contributed by atoms with E-state index in [1.165, 1.54) is 0 Å². The van der Waals surface area contributed by atoms with Crippen LogP contribution in [0.25, 0.3) is 11.0 Å². The lowest BCUT2D eigenvalue weighted by Gasteiger charge is -2.11. The van der Waals surface area contributed by atoms with Crippen LogP contribution in [0.15, 0.2) is 48.5 Å². The minimum Gasteiger partial charge on any atom is -0.494 e. The largest absolute Gasteiger partial charge is 0.494 e. The van der Waals surface area contributed by atoms with Gasteiger partial charge in [0.15, 0.2) is 0 Å². The summed E-state index contributed by atoms with van der Waals surface area (Å²) in [6.45, 7) is 2.40. The zero-order chi connectivity index (χ0) is 17.6. The molecule has 130 valence electrons. The maximum Gasteiger partial charge on any atom is 0.220 e. The number of aromatic amines is 1. The second-order valence-corrected chi connectivity index (χ2v) is 6.27. The fourth-order valence-corrected chi connectivity index (χ4v) is 2.64. The zero-order valence-electron chi connectivity index (χ0n) is 14.0. The van der Waals surface area contributed by atoms with E-state index < -0.39 is 0 Å². The van der Waals surface area contributed by atoms with Crippen molar-refractivity contribution in [2.45, 2.75) is 25.8 Å². The lowest BCUT2D eigenvalue weighted by molar-refractivity contribution is -0.122. The van der Waals surface area contributed by atoms with Crippen LogP contribution in [0, 0.1) is 0 Å². The molecule has 0 fully saturated rings. The number of amides is 1. The zero-order valence-corrected chi connectivity index (χ0v) is 14.7. The molecule has 0 bridgehead atoms. The number of imidazole rings is 1. The van der Waals surface area contributed by atoms with Crippen LogP contribution in [0.2, 0.25) is 5.02 Å². The number of carbonyl (C=O) groups excluding carboxylic acids is 1. The highest BCUT2D eigenvalue weighted by Crippen LogP contribution is 2.17. The second kappa shape index (κ2) is 8.03. The molecule has 3 rings (SSSR count). The van der Waals surface area contributed by atoms with E-state index in [4.69, 9.17) is 16.3 Å². The first-order chi connectivity index (χ1) is 12.1. The van der Waals surface area contributed by atoms with Gasteiger partial charge in [0.05, 0.1) is 23.7 Å². The van der Waals surface area contributed by atoms with Crippen molar-refractivity contribution >= 4 is 28.5 Å². The third kappa shape index (κ3) is 4.73. The number of halogens is 1. The molecular formula is C19H20ClN3O2. The molecule has 0 saturated heterocycles. The molecule has 0 aliphatic heterocycles. The molecule has 1 atom stereocenters. The van der Waals surface area contributed by atoms with E-state index in [9.17, 15) is 4.79 Å². The van der Waals surface area contributed by atoms with Crippen LogP contribution in [-0.2, 0) is 4.79 Å². The monoisotopic (exact) mass is 357 g/mol. The van der Waals surface area contributed by atoms with E-state index in [0.717, 1.165) is 22.6 Å². The fourth-order valence-electron chi connectivity index (χ4n) is 2.51. The van der Waals surface area contributed by atoms with Crippen LogP contribution in [0.3, 0.4) is 0 Å². The Morgan fingerprint density at radius 3 is 2.76 bits per heavy atom. The molecule has 1 aromatic heterocycles. The first-order valence-electron chi connectivity index (χ1n) is 8.24. The second-order valence-electron chi connectivity index (χ2n) is 5.83. The van der Waals surface area contributed by atoms with Gasteiger partial charge in [0.25, 0.3) is 0 Å². The molecule has 0 radical (unpaired) electrons. The summed E-state index contributed by atoms with van der Waals surface area (Å²) in [6, 6.07) is 14.8. The number of aromatic nitrogens is 2. The fraction of sp³-hybridized carbons (Fsp3) is 0.263. The number of rotatable bonds is 7. The summed E-state index contributed by atoms with van der Waals surface area (Å²) >= 11 is 5.82. The van der Waals surface area contributed by atoms with Crippen LogP contribution in [0.4, 0.5) is 0 Å². The summed E-state index contributed by atoms with van der Waals surface area (Å²) in [4.78, 5) is 19.8. The molecule has 6 heteroatoms. The molecule has 3 aromatic rings. The Kier molecular flexibility index (Phi) is 5.56. The van der Waals surface area contributed by atoms with Crippen LogP contribution >= 0.6 is 11.6 Å². The van der Waals surface area contributed by atoms with Gasteiger partial charge in [0.1, 0.15) is 11.6 Å². The third-order valence-corrected chi connectivity index (χ3v) is 4.08. The van der Waals surface area contributed by atoms with Crippen LogP contribution in [0.5, 0.6) is 5.75 Å². The van der Waals surface area contributed by atoms with Crippen molar-refractivity contribution in [1.82, 2.24) is 15.3 Å². The molecular weight excluding hydrogens is 338 g/mol. The molecule has 1 unspecified atom stereocenters. The molecule has 2 N–H and O–H groups in total. The highest BCUT2D eigenvalue weighted by Gasteiger charge is 2.13. The van der Waals surface area contributed by atoms with Gasteiger partial charge in [-0.05, 0) is 49.7 Å². The molecule has 0 aliphatic rings. The van der Waals surface area contributed by atoms with Crippen molar-refractivity contribution in [3.05, 3.63) is 59.4 Å². The topological polar surface area (TPSA) is 67.0 Å². The molecule has 0 aliphatic carbocycles. The van der Waals surface area contributed by atoms with Gasteiger partial charge in [-0.25, -0.2) is 4.98 Å². The molecule has 2 aromatic carbocycles. The van der Waals surface area contributed by atoms with Gasteiger partial charge in [-0.15, -0.1) is 0 Å². The number of hydrogen-bond donors (Lipinski definition) is 2. The normalized spacial score (nSPS) is 12.1. The highest BCUT2D eigenvalue weighted by atomic mass is 35.5. The van der Waals surface area contributed by atoms with Gasteiger partial charge in [-0.3, -0.25) is 4.79 Å². The summed E-state index contributed by atoms with van der Waals surface area (Å²) in [7, 11) is 0. The number of benzene rings is 2. The number of nitrogens with one attached hydrogen (secondary N) is 2. The standard InChI is InChI=1S/C19H20ClN3O2/c1-13(19-22-16-5-2-3-6-17(16)23-19)21-18(24)7-4-12-25-15-10-8-14(20)9-11-15/h2-3,5-6,8-11,13H,4,7,12H2,1H3,(H,21,24)(H,22,23). The lowest BCUT2D eigenvalue weighted by atomic mass is 10.2. The Bertz CT molecular complexity index is 812.